The molecule has 0 atom stereocenters. The van der Waals surface area contributed by atoms with Crippen LogP contribution in [-0.2, 0) is 9.53 Å². The van der Waals surface area contributed by atoms with Crippen LogP contribution in [0.15, 0.2) is 24.3 Å². The monoisotopic (exact) mass is 293 g/mol. The van der Waals surface area contributed by atoms with E-state index in [1.54, 1.807) is 24.3 Å². The molecule has 1 heterocycles. The molecule has 1 fully saturated rings. The Morgan fingerprint density at radius 1 is 1.33 bits per heavy atom. The first-order valence-corrected chi connectivity index (χ1v) is 6.81. The van der Waals surface area contributed by atoms with Crippen molar-refractivity contribution in [3.63, 3.8) is 0 Å². The number of methoxy groups -OCH3 is 1. The number of carbonyl (C=O) groups is 2. The van der Waals surface area contributed by atoms with E-state index >= 15 is 0 Å². The van der Waals surface area contributed by atoms with Crippen molar-refractivity contribution in [2.24, 2.45) is 5.41 Å². The number of hydrogen-bond donors (Lipinski definition) is 2. The fourth-order valence-corrected chi connectivity index (χ4v) is 2.41. The highest BCUT2D eigenvalue weighted by molar-refractivity contribution is 5.97. The van der Waals surface area contributed by atoms with Crippen LogP contribution in [0.2, 0.25) is 0 Å². The quantitative estimate of drug-likeness (QED) is 0.855. The Kier molecular flexibility index (Phi) is 4.80. The second kappa shape index (κ2) is 6.58. The van der Waals surface area contributed by atoms with Crippen molar-refractivity contribution in [2.75, 3.05) is 26.9 Å². The van der Waals surface area contributed by atoms with Crippen molar-refractivity contribution >= 4 is 11.9 Å². The van der Waals surface area contributed by atoms with Gasteiger partial charge in [-0.1, -0.05) is 12.1 Å². The third-order valence-electron chi connectivity index (χ3n) is 3.84. The van der Waals surface area contributed by atoms with Crippen molar-refractivity contribution in [1.29, 1.82) is 0 Å². The van der Waals surface area contributed by atoms with Crippen molar-refractivity contribution in [2.45, 2.75) is 12.8 Å². The normalized spacial score (nSPS) is 17.0. The number of carbonyl (C=O) groups excluding carboxylic acids is 1. The predicted octanol–water partition coefficient (Wildman–Crippen LogP) is 1.31. The van der Waals surface area contributed by atoms with E-state index in [1.165, 1.54) is 7.11 Å². The average molecular weight is 293 g/mol. The van der Waals surface area contributed by atoms with Crippen molar-refractivity contribution in [3.8, 4) is 5.75 Å². The largest absolute Gasteiger partial charge is 0.496 e. The number of carboxylic acids is 1. The number of para-hydroxylation sites is 1. The molecule has 0 radical (unpaired) electrons. The van der Waals surface area contributed by atoms with Gasteiger partial charge in [-0.3, -0.25) is 9.59 Å². The second-order valence-corrected chi connectivity index (χ2v) is 5.08. The number of aliphatic carboxylic acids is 1. The van der Waals surface area contributed by atoms with Crippen LogP contribution in [0.3, 0.4) is 0 Å². The molecule has 1 aromatic rings. The number of carboxylic acid groups (broad SMARTS) is 1. The zero-order valence-electron chi connectivity index (χ0n) is 11.9. The van der Waals surface area contributed by atoms with Crippen molar-refractivity contribution in [3.05, 3.63) is 29.8 Å². The highest BCUT2D eigenvalue weighted by Crippen LogP contribution is 2.30. The zero-order valence-corrected chi connectivity index (χ0v) is 11.9. The Hall–Kier alpha value is -2.08. The molecule has 0 saturated carbocycles. The van der Waals surface area contributed by atoms with Crippen LogP contribution < -0.4 is 10.1 Å². The van der Waals surface area contributed by atoms with Crippen LogP contribution in [0, 0.1) is 5.41 Å². The molecule has 21 heavy (non-hydrogen) atoms. The summed E-state index contributed by atoms with van der Waals surface area (Å²) in [7, 11) is 1.49. The molecule has 6 nitrogen and oxygen atoms in total. The molecule has 114 valence electrons. The van der Waals surface area contributed by atoms with Gasteiger partial charge >= 0.3 is 5.97 Å². The minimum atomic E-state index is -0.948. The summed E-state index contributed by atoms with van der Waals surface area (Å²) in [5.74, 6) is -0.767. The van der Waals surface area contributed by atoms with Gasteiger partial charge in [-0.2, -0.15) is 0 Å². The molecule has 1 aliphatic rings. The molecule has 1 aliphatic heterocycles. The number of nitrogens with one attached hydrogen (secondary N) is 1. The highest BCUT2D eigenvalue weighted by atomic mass is 16.5. The van der Waals surface area contributed by atoms with Gasteiger partial charge in [0.1, 0.15) is 5.75 Å². The number of rotatable bonds is 5. The van der Waals surface area contributed by atoms with Crippen molar-refractivity contribution in [1.82, 2.24) is 5.32 Å². The second-order valence-electron chi connectivity index (χ2n) is 5.08. The number of ether oxygens (including phenoxy) is 2. The zero-order chi connectivity index (χ0) is 15.3. The molecule has 2 rings (SSSR count). The van der Waals surface area contributed by atoms with Gasteiger partial charge in [-0.25, -0.2) is 0 Å². The third kappa shape index (κ3) is 3.33. The molecule has 1 saturated heterocycles. The van der Waals surface area contributed by atoms with E-state index in [2.05, 4.69) is 5.32 Å². The van der Waals surface area contributed by atoms with Crippen LogP contribution in [0.1, 0.15) is 23.2 Å². The van der Waals surface area contributed by atoms with Gasteiger partial charge in [0.05, 0.1) is 18.1 Å². The molecule has 1 amide bonds. The minimum absolute atomic E-state index is 0.0859. The highest BCUT2D eigenvalue weighted by Gasteiger charge is 2.40. The first kappa shape index (κ1) is 15.3. The lowest BCUT2D eigenvalue weighted by Crippen LogP contribution is -2.46. The smallest absolute Gasteiger partial charge is 0.311 e. The molecular weight excluding hydrogens is 274 g/mol. The molecule has 0 aromatic heterocycles. The van der Waals surface area contributed by atoms with Crippen LogP contribution in [0.25, 0.3) is 0 Å². The Morgan fingerprint density at radius 3 is 2.62 bits per heavy atom. The Labute approximate surface area is 123 Å². The van der Waals surface area contributed by atoms with Gasteiger partial charge < -0.3 is 19.9 Å². The minimum Gasteiger partial charge on any atom is -0.496 e. The van der Waals surface area contributed by atoms with Crippen LogP contribution >= 0.6 is 0 Å². The topological polar surface area (TPSA) is 84.9 Å². The van der Waals surface area contributed by atoms with Gasteiger partial charge in [-0.05, 0) is 25.0 Å². The summed E-state index contributed by atoms with van der Waals surface area (Å²) in [6, 6.07) is 6.84. The summed E-state index contributed by atoms with van der Waals surface area (Å²) in [5.41, 5.74) is -0.553. The first-order valence-electron chi connectivity index (χ1n) is 6.81. The van der Waals surface area contributed by atoms with Crippen molar-refractivity contribution < 1.29 is 24.2 Å². The maximum atomic E-state index is 12.2. The summed E-state index contributed by atoms with van der Waals surface area (Å²) in [4.78, 5) is 23.7. The van der Waals surface area contributed by atoms with Gasteiger partial charge in [0.25, 0.3) is 5.91 Å². The fraction of sp³-hybridized carbons (Fsp3) is 0.467. The van der Waals surface area contributed by atoms with E-state index in [1.807, 2.05) is 0 Å². The third-order valence-corrected chi connectivity index (χ3v) is 3.84. The lowest BCUT2D eigenvalue weighted by molar-refractivity contribution is -0.154. The Morgan fingerprint density at radius 2 is 2.00 bits per heavy atom. The lowest BCUT2D eigenvalue weighted by Gasteiger charge is -2.33. The van der Waals surface area contributed by atoms with E-state index in [9.17, 15) is 14.7 Å². The predicted molar refractivity (Wildman–Crippen MR) is 75.4 cm³/mol. The van der Waals surface area contributed by atoms with Gasteiger partial charge in [0, 0.05) is 19.8 Å². The van der Waals surface area contributed by atoms with E-state index in [0.29, 0.717) is 37.4 Å². The summed E-state index contributed by atoms with van der Waals surface area (Å²) >= 11 is 0. The summed E-state index contributed by atoms with van der Waals surface area (Å²) in [6.07, 6.45) is 0.795. The standard InChI is InChI=1S/C15H19NO5/c1-20-12-5-3-2-4-11(12)13(17)16-10-15(14(18)19)6-8-21-9-7-15/h2-5H,6-10H2,1H3,(H,16,17)(H,18,19). The summed E-state index contributed by atoms with van der Waals surface area (Å²) in [6.45, 7) is 0.885. The molecule has 2 N–H and O–H groups in total. The fourth-order valence-electron chi connectivity index (χ4n) is 2.41. The molecule has 6 heteroatoms. The maximum Gasteiger partial charge on any atom is 0.311 e. The molecular formula is C15H19NO5. The van der Waals surface area contributed by atoms with Gasteiger partial charge in [0.15, 0.2) is 0 Å². The number of benzene rings is 1. The van der Waals surface area contributed by atoms with Crippen LogP contribution in [-0.4, -0.2) is 43.9 Å². The summed E-state index contributed by atoms with van der Waals surface area (Å²) < 4.78 is 10.3. The average Bonchev–Trinajstić information content (AvgIpc) is 2.53. The molecule has 0 aliphatic carbocycles. The molecule has 0 spiro atoms. The van der Waals surface area contributed by atoms with Gasteiger partial charge in [0.2, 0.25) is 0 Å². The first-order chi connectivity index (χ1) is 10.1. The van der Waals surface area contributed by atoms with Crippen LogP contribution in [0.5, 0.6) is 5.75 Å². The van der Waals surface area contributed by atoms with Gasteiger partial charge in [-0.15, -0.1) is 0 Å². The van der Waals surface area contributed by atoms with E-state index in [4.69, 9.17) is 9.47 Å². The number of amides is 1. The Bertz CT molecular complexity index is 523. The maximum absolute atomic E-state index is 12.2. The van der Waals surface area contributed by atoms with E-state index < -0.39 is 11.4 Å². The summed E-state index contributed by atoms with van der Waals surface area (Å²) in [5, 5.41) is 12.2. The SMILES string of the molecule is COc1ccccc1C(=O)NCC1(C(=O)O)CCOCC1. The molecule has 0 bridgehead atoms. The molecule has 1 aromatic carbocycles. The number of hydrogen-bond acceptors (Lipinski definition) is 4. The van der Waals surface area contributed by atoms with E-state index in [0.717, 1.165) is 0 Å². The van der Waals surface area contributed by atoms with E-state index in [-0.39, 0.29) is 12.5 Å². The van der Waals surface area contributed by atoms with Crippen LogP contribution in [0.4, 0.5) is 0 Å². The Balaban J connectivity index is 2.07. The molecule has 0 unspecified atom stereocenters. The lowest BCUT2D eigenvalue weighted by atomic mass is 9.80.